The molecule has 0 spiro atoms. The number of rotatable bonds is 3. The number of aromatic nitrogens is 2. The third kappa shape index (κ3) is 2.89. The highest BCUT2D eigenvalue weighted by molar-refractivity contribution is 6.30. The van der Waals surface area contributed by atoms with E-state index < -0.39 is 5.82 Å². The van der Waals surface area contributed by atoms with E-state index in [4.69, 9.17) is 27.9 Å². The topological polar surface area (TPSA) is 35.0 Å². The maximum atomic E-state index is 13.0. The van der Waals surface area contributed by atoms with Crippen molar-refractivity contribution in [1.82, 2.24) is 9.97 Å². The van der Waals surface area contributed by atoms with E-state index in [1.165, 1.54) is 18.2 Å². The third-order valence-electron chi connectivity index (χ3n) is 2.30. The standard InChI is InChI=1S/C12H9Cl2FN2O/c1-7-8(5-13)6-16-12(17-7)18-9-2-3-11(15)10(14)4-9/h2-4,6H,5H2,1H3. The van der Waals surface area contributed by atoms with Gasteiger partial charge in [0.05, 0.1) is 10.9 Å². The van der Waals surface area contributed by atoms with E-state index in [-0.39, 0.29) is 11.0 Å². The Hall–Kier alpha value is -1.39. The predicted molar refractivity (Wildman–Crippen MR) is 67.8 cm³/mol. The van der Waals surface area contributed by atoms with Crippen molar-refractivity contribution in [1.29, 1.82) is 0 Å². The molecule has 6 heteroatoms. The highest BCUT2D eigenvalue weighted by Crippen LogP contribution is 2.24. The first-order chi connectivity index (χ1) is 8.60. The van der Waals surface area contributed by atoms with E-state index in [1.54, 1.807) is 6.20 Å². The number of hydrogen-bond acceptors (Lipinski definition) is 3. The van der Waals surface area contributed by atoms with Gasteiger partial charge < -0.3 is 4.74 Å². The van der Waals surface area contributed by atoms with Gasteiger partial charge in [-0.3, -0.25) is 0 Å². The summed E-state index contributed by atoms with van der Waals surface area (Å²) in [6.07, 6.45) is 1.59. The number of hydrogen-bond donors (Lipinski definition) is 0. The lowest BCUT2D eigenvalue weighted by molar-refractivity contribution is 0.438. The fourth-order valence-electron chi connectivity index (χ4n) is 1.30. The summed E-state index contributed by atoms with van der Waals surface area (Å²) in [5.74, 6) is 0.215. The molecule has 1 aromatic carbocycles. The van der Waals surface area contributed by atoms with Gasteiger partial charge in [0, 0.05) is 23.5 Å². The molecule has 0 aliphatic rings. The first kappa shape index (κ1) is 13.1. The van der Waals surface area contributed by atoms with Gasteiger partial charge in [-0.25, -0.2) is 9.37 Å². The average molecular weight is 287 g/mol. The number of alkyl halides is 1. The zero-order valence-electron chi connectivity index (χ0n) is 9.45. The maximum Gasteiger partial charge on any atom is 0.322 e. The van der Waals surface area contributed by atoms with Crippen LogP contribution in [0.5, 0.6) is 11.8 Å². The molecule has 0 N–H and O–H groups in total. The van der Waals surface area contributed by atoms with Crippen molar-refractivity contribution in [2.75, 3.05) is 0 Å². The minimum atomic E-state index is -0.501. The van der Waals surface area contributed by atoms with E-state index >= 15 is 0 Å². The van der Waals surface area contributed by atoms with E-state index in [0.717, 1.165) is 11.3 Å². The van der Waals surface area contributed by atoms with Gasteiger partial charge in [-0.2, -0.15) is 4.98 Å². The minimum Gasteiger partial charge on any atom is -0.424 e. The molecule has 0 aliphatic heterocycles. The zero-order chi connectivity index (χ0) is 13.1. The number of benzene rings is 1. The van der Waals surface area contributed by atoms with Crippen molar-refractivity contribution < 1.29 is 9.13 Å². The smallest absolute Gasteiger partial charge is 0.322 e. The molecule has 0 saturated heterocycles. The van der Waals surface area contributed by atoms with Gasteiger partial charge in [0.15, 0.2) is 0 Å². The second-order valence-electron chi connectivity index (χ2n) is 3.57. The van der Waals surface area contributed by atoms with Crippen LogP contribution in [0.4, 0.5) is 4.39 Å². The molecule has 0 unspecified atom stereocenters. The first-order valence-electron chi connectivity index (χ1n) is 5.11. The molecule has 1 heterocycles. The van der Waals surface area contributed by atoms with Crippen LogP contribution in [0.1, 0.15) is 11.3 Å². The molecule has 0 fully saturated rings. The number of aryl methyl sites for hydroxylation is 1. The van der Waals surface area contributed by atoms with Gasteiger partial charge in [0.2, 0.25) is 0 Å². The van der Waals surface area contributed by atoms with Crippen LogP contribution in [0.15, 0.2) is 24.4 Å². The zero-order valence-corrected chi connectivity index (χ0v) is 11.0. The lowest BCUT2D eigenvalue weighted by Crippen LogP contribution is -1.97. The second-order valence-corrected chi connectivity index (χ2v) is 4.25. The second kappa shape index (κ2) is 5.50. The van der Waals surface area contributed by atoms with Crippen LogP contribution in [0.2, 0.25) is 5.02 Å². The van der Waals surface area contributed by atoms with Gasteiger partial charge in [-0.15, -0.1) is 11.6 Å². The fourth-order valence-corrected chi connectivity index (χ4v) is 1.73. The van der Waals surface area contributed by atoms with Gasteiger partial charge in [-0.1, -0.05) is 11.6 Å². The Morgan fingerprint density at radius 3 is 2.78 bits per heavy atom. The van der Waals surface area contributed by atoms with E-state index in [2.05, 4.69) is 9.97 Å². The Morgan fingerprint density at radius 2 is 2.17 bits per heavy atom. The number of nitrogens with zero attached hydrogens (tertiary/aromatic N) is 2. The fraction of sp³-hybridized carbons (Fsp3) is 0.167. The molecule has 18 heavy (non-hydrogen) atoms. The number of halogens is 3. The quantitative estimate of drug-likeness (QED) is 0.797. The van der Waals surface area contributed by atoms with Gasteiger partial charge in [0.25, 0.3) is 0 Å². The molecule has 0 radical (unpaired) electrons. The summed E-state index contributed by atoms with van der Waals surface area (Å²) in [7, 11) is 0. The highest BCUT2D eigenvalue weighted by atomic mass is 35.5. The molecule has 1 aromatic heterocycles. The Labute approximate surface area is 114 Å². The molecule has 0 aliphatic carbocycles. The summed E-state index contributed by atoms with van der Waals surface area (Å²) in [5.41, 5.74) is 1.57. The lowest BCUT2D eigenvalue weighted by Gasteiger charge is -2.06. The van der Waals surface area contributed by atoms with Crippen molar-refractivity contribution in [3.8, 4) is 11.8 Å². The molecule has 0 bridgehead atoms. The summed E-state index contributed by atoms with van der Waals surface area (Å²) < 4.78 is 18.3. The summed E-state index contributed by atoms with van der Waals surface area (Å²) in [4.78, 5) is 8.14. The Balaban J connectivity index is 2.23. The summed E-state index contributed by atoms with van der Waals surface area (Å²) in [6.45, 7) is 1.81. The summed E-state index contributed by atoms with van der Waals surface area (Å²) in [6, 6.07) is 4.21. The lowest BCUT2D eigenvalue weighted by atomic mass is 10.3. The van der Waals surface area contributed by atoms with Gasteiger partial charge >= 0.3 is 6.01 Å². The van der Waals surface area contributed by atoms with Crippen molar-refractivity contribution >= 4 is 23.2 Å². The molecule has 94 valence electrons. The van der Waals surface area contributed by atoms with Crippen molar-refractivity contribution in [2.45, 2.75) is 12.8 Å². The van der Waals surface area contributed by atoms with E-state index in [9.17, 15) is 4.39 Å². The van der Waals surface area contributed by atoms with Crippen molar-refractivity contribution in [3.63, 3.8) is 0 Å². The van der Waals surface area contributed by atoms with Crippen molar-refractivity contribution in [3.05, 3.63) is 46.5 Å². The van der Waals surface area contributed by atoms with Crippen LogP contribution in [0, 0.1) is 12.7 Å². The largest absolute Gasteiger partial charge is 0.424 e. The van der Waals surface area contributed by atoms with Gasteiger partial charge in [-0.05, 0) is 19.1 Å². The monoisotopic (exact) mass is 286 g/mol. The highest BCUT2D eigenvalue weighted by Gasteiger charge is 2.06. The molecule has 0 saturated carbocycles. The Morgan fingerprint density at radius 1 is 1.39 bits per heavy atom. The molecule has 0 atom stereocenters. The third-order valence-corrected chi connectivity index (χ3v) is 2.88. The van der Waals surface area contributed by atoms with Crippen LogP contribution < -0.4 is 4.74 Å². The molecule has 0 amide bonds. The Kier molecular flexibility index (Phi) is 3.99. The molecule has 2 aromatic rings. The van der Waals surface area contributed by atoms with Crippen LogP contribution in [-0.4, -0.2) is 9.97 Å². The molecule has 2 rings (SSSR count). The predicted octanol–water partition coefficient (Wildman–Crippen LogP) is 4.11. The summed E-state index contributed by atoms with van der Waals surface area (Å²) in [5, 5.41) is -0.0124. The first-order valence-corrected chi connectivity index (χ1v) is 6.03. The van der Waals surface area contributed by atoms with Crippen LogP contribution >= 0.6 is 23.2 Å². The van der Waals surface area contributed by atoms with Crippen LogP contribution in [0.3, 0.4) is 0 Å². The minimum absolute atomic E-state index is 0.0124. The molecular weight excluding hydrogens is 278 g/mol. The maximum absolute atomic E-state index is 13.0. The summed E-state index contributed by atoms with van der Waals surface area (Å²) >= 11 is 11.3. The average Bonchev–Trinajstić information content (AvgIpc) is 2.34. The van der Waals surface area contributed by atoms with Crippen LogP contribution in [-0.2, 0) is 5.88 Å². The molecule has 3 nitrogen and oxygen atoms in total. The van der Waals surface area contributed by atoms with E-state index in [1.807, 2.05) is 6.92 Å². The van der Waals surface area contributed by atoms with Gasteiger partial charge in [0.1, 0.15) is 11.6 Å². The number of ether oxygens (including phenoxy) is 1. The normalized spacial score (nSPS) is 10.4. The van der Waals surface area contributed by atoms with Crippen LogP contribution in [0.25, 0.3) is 0 Å². The molecular formula is C12H9Cl2FN2O. The SMILES string of the molecule is Cc1nc(Oc2ccc(F)c(Cl)c2)ncc1CCl. The van der Waals surface area contributed by atoms with E-state index in [0.29, 0.717) is 11.6 Å². The van der Waals surface area contributed by atoms with Crippen molar-refractivity contribution in [2.24, 2.45) is 0 Å². The Bertz CT molecular complexity index is 578.